The molecule has 0 aliphatic rings. The van der Waals surface area contributed by atoms with Gasteiger partial charge in [0.25, 0.3) is 0 Å². The van der Waals surface area contributed by atoms with Crippen LogP contribution in [0.2, 0.25) is 0 Å². The number of thiazole rings is 1. The van der Waals surface area contributed by atoms with Gasteiger partial charge in [-0.1, -0.05) is 36.9 Å². The lowest BCUT2D eigenvalue weighted by molar-refractivity contribution is 0.976. The lowest BCUT2D eigenvalue weighted by Crippen LogP contribution is -1.97. The van der Waals surface area contributed by atoms with E-state index in [1.165, 1.54) is 4.88 Å². The SMILES string of the molecule is CCCNc1ncc(CSc2ncnc3ccccc23)s1. The molecule has 108 valence electrons. The van der Waals surface area contributed by atoms with Gasteiger partial charge in [-0.15, -0.1) is 11.3 Å². The van der Waals surface area contributed by atoms with Gasteiger partial charge in [0.15, 0.2) is 5.13 Å². The number of thioether (sulfide) groups is 1. The number of nitrogens with one attached hydrogen (secondary N) is 1. The maximum atomic E-state index is 4.40. The quantitative estimate of drug-likeness (QED) is 0.545. The molecule has 0 saturated carbocycles. The fraction of sp³-hybridized carbons (Fsp3) is 0.267. The van der Waals surface area contributed by atoms with Crippen molar-refractivity contribution in [2.24, 2.45) is 0 Å². The van der Waals surface area contributed by atoms with Gasteiger partial charge in [-0.05, 0) is 12.5 Å². The van der Waals surface area contributed by atoms with Crippen LogP contribution in [0.15, 0.2) is 41.8 Å². The standard InChI is InChI=1S/C15H16N4S2/c1-2-7-16-15-17-8-11(21-15)9-20-14-12-5-3-4-6-13(12)18-10-19-14/h3-6,8,10H,2,7,9H2,1H3,(H,16,17). The van der Waals surface area contributed by atoms with Gasteiger partial charge in [-0.2, -0.15) is 0 Å². The Morgan fingerprint density at radius 3 is 3.00 bits per heavy atom. The van der Waals surface area contributed by atoms with Gasteiger partial charge in [0.05, 0.1) is 5.52 Å². The molecule has 0 atom stereocenters. The summed E-state index contributed by atoms with van der Waals surface area (Å²) >= 11 is 3.44. The number of hydrogen-bond donors (Lipinski definition) is 1. The Morgan fingerprint density at radius 1 is 1.19 bits per heavy atom. The third kappa shape index (κ3) is 3.51. The molecule has 0 saturated heterocycles. The summed E-state index contributed by atoms with van der Waals surface area (Å²) in [5, 5.41) is 6.45. The molecule has 0 spiro atoms. The Balaban J connectivity index is 1.70. The van der Waals surface area contributed by atoms with E-state index in [-0.39, 0.29) is 0 Å². The second-order valence-corrected chi connectivity index (χ2v) is 6.62. The zero-order chi connectivity index (χ0) is 14.5. The molecule has 0 fully saturated rings. The zero-order valence-corrected chi connectivity index (χ0v) is 13.4. The van der Waals surface area contributed by atoms with E-state index < -0.39 is 0 Å². The topological polar surface area (TPSA) is 50.7 Å². The fourth-order valence-corrected chi connectivity index (χ4v) is 3.77. The average molecular weight is 316 g/mol. The minimum absolute atomic E-state index is 0.881. The van der Waals surface area contributed by atoms with Crippen LogP contribution in [0.1, 0.15) is 18.2 Å². The van der Waals surface area contributed by atoms with Crippen LogP contribution in [0.5, 0.6) is 0 Å². The molecule has 1 N–H and O–H groups in total. The average Bonchev–Trinajstić information content (AvgIpc) is 2.99. The Bertz CT molecular complexity index is 721. The van der Waals surface area contributed by atoms with Crippen LogP contribution >= 0.6 is 23.1 Å². The first-order chi connectivity index (χ1) is 10.4. The zero-order valence-electron chi connectivity index (χ0n) is 11.7. The second kappa shape index (κ2) is 6.87. The molecule has 0 aliphatic carbocycles. The fourth-order valence-electron chi connectivity index (χ4n) is 1.92. The minimum atomic E-state index is 0.881. The molecule has 3 rings (SSSR count). The smallest absolute Gasteiger partial charge is 0.182 e. The number of nitrogens with zero attached hydrogens (tertiary/aromatic N) is 3. The first-order valence-corrected chi connectivity index (χ1v) is 8.68. The van der Waals surface area contributed by atoms with Gasteiger partial charge in [0.1, 0.15) is 11.4 Å². The first kappa shape index (κ1) is 14.3. The molecule has 1 aromatic carbocycles. The molecule has 2 heterocycles. The van der Waals surface area contributed by atoms with Crippen molar-refractivity contribution >= 4 is 39.1 Å². The summed E-state index contributed by atoms with van der Waals surface area (Å²) in [7, 11) is 0. The van der Waals surface area contributed by atoms with Crippen LogP contribution in [-0.4, -0.2) is 21.5 Å². The second-order valence-electron chi connectivity index (χ2n) is 4.54. The van der Waals surface area contributed by atoms with Crippen LogP contribution in [0.3, 0.4) is 0 Å². The maximum Gasteiger partial charge on any atom is 0.182 e. The number of rotatable bonds is 6. The lowest BCUT2D eigenvalue weighted by Gasteiger charge is -2.03. The van der Waals surface area contributed by atoms with Gasteiger partial charge in [0, 0.05) is 28.8 Å². The summed E-state index contributed by atoms with van der Waals surface area (Å²) in [6, 6.07) is 8.10. The molecule has 0 amide bonds. The van der Waals surface area contributed by atoms with Gasteiger partial charge < -0.3 is 5.32 Å². The first-order valence-electron chi connectivity index (χ1n) is 6.88. The predicted molar refractivity (Wildman–Crippen MR) is 90.0 cm³/mol. The summed E-state index contributed by atoms with van der Waals surface area (Å²) in [5.41, 5.74) is 0.990. The highest BCUT2D eigenvalue weighted by Crippen LogP contribution is 2.29. The van der Waals surface area contributed by atoms with Crippen LogP contribution in [0, 0.1) is 0 Å². The monoisotopic (exact) mass is 316 g/mol. The molecular weight excluding hydrogens is 300 g/mol. The van der Waals surface area contributed by atoms with Crippen molar-refractivity contribution in [1.29, 1.82) is 0 Å². The largest absolute Gasteiger partial charge is 0.362 e. The third-order valence-electron chi connectivity index (χ3n) is 2.94. The van der Waals surface area contributed by atoms with Crippen molar-refractivity contribution in [1.82, 2.24) is 15.0 Å². The van der Waals surface area contributed by atoms with Crippen LogP contribution in [0.25, 0.3) is 10.9 Å². The highest BCUT2D eigenvalue weighted by atomic mass is 32.2. The number of para-hydroxylation sites is 1. The lowest BCUT2D eigenvalue weighted by atomic mass is 10.2. The van der Waals surface area contributed by atoms with Crippen molar-refractivity contribution in [3.05, 3.63) is 41.7 Å². The molecule has 6 heteroatoms. The van der Waals surface area contributed by atoms with Crippen molar-refractivity contribution in [3.8, 4) is 0 Å². The molecule has 0 bridgehead atoms. The highest BCUT2D eigenvalue weighted by molar-refractivity contribution is 7.98. The maximum absolute atomic E-state index is 4.40. The predicted octanol–water partition coefficient (Wildman–Crippen LogP) is 4.20. The Hall–Kier alpha value is -1.66. The Kier molecular flexibility index (Phi) is 4.67. The van der Waals surface area contributed by atoms with Crippen LogP contribution < -0.4 is 5.32 Å². The van der Waals surface area contributed by atoms with Gasteiger partial charge in [-0.25, -0.2) is 15.0 Å². The summed E-state index contributed by atoms with van der Waals surface area (Å²) < 4.78 is 0. The summed E-state index contributed by atoms with van der Waals surface area (Å²) in [4.78, 5) is 14.3. The van der Waals surface area contributed by atoms with E-state index >= 15 is 0 Å². The van der Waals surface area contributed by atoms with Crippen molar-refractivity contribution in [3.63, 3.8) is 0 Å². The molecule has 0 radical (unpaired) electrons. The van der Waals surface area contributed by atoms with Crippen molar-refractivity contribution in [2.45, 2.75) is 24.1 Å². The van der Waals surface area contributed by atoms with E-state index in [0.717, 1.165) is 39.8 Å². The number of anilines is 1. The normalized spacial score (nSPS) is 10.9. The van der Waals surface area contributed by atoms with E-state index in [9.17, 15) is 0 Å². The van der Waals surface area contributed by atoms with E-state index in [1.807, 2.05) is 24.4 Å². The molecule has 4 nitrogen and oxygen atoms in total. The van der Waals surface area contributed by atoms with Crippen LogP contribution in [0.4, 0.5) is 5.13 Å². The Morgan fingerprint density at radius 2 is 2.10 bits per heavy atom. The van der Waals surface area contributed by atoms with Crippen LogP contribution in [-0.2, 0) is 5.75 Å². The molecule has 0 unspecified atom stereocenters. The summed E-state index contributed by atoms with van der Waals surface area (Å²) in [5.74, 6) is 0.881. The number of fused-ring (bicyclic) bond motifs is 1. The third-order valence-corrected chi connectivity index (χ3v) is 5.13. The van der Waals surface area contributed by atoms with Crippen molar-refractivity contribution in [2.75, 3.05) is 11.9 Å². The summed E-state index contributed by atoms with van der Waals surface area (Å²) in [6.07, 6.45) is 4.68. The van der Waals surface area contributed by atoms with E-state index in [0.29, 0.717) is 0 Å². The molecule has 0 aliphatic heterocycles. The highest BCUT2D eigenvalue weighted by Gasteiger charge is 2.06. The molecule has 2 aromatic heterocycles. The minimum Gasteiger partial charge on any atom is -0.362 e. The van der Waals surface area contributed by atoms with Gasteiger partial charge in [-0.3, -0.25) is 0 Å². The Labute approximate surface area is 132 Å². The molecule has 21 heavy (non-hydrogen) atoms. The van der Waals surface area contributed by atoms with E-state index in [1.54, 1.807) is 29.4 Å². The summed E-state index contributed by atoms with van der Waals surface area (Å²) in [6.45, 7) is 3.12. The molecular formula is C15H16N4S2. The van der Waals surface area contributed by atoms with E-state index in [4.69, 9.17) is 0 Å². The van der Waals surface area contributed by atoms with E-state index in [2.05, 4.69) is 33.3 Å². The number of hydrogen-bond acceptors (Lipinski definition) is 6. The van der Waals surface area contributed by atoms with Crippen molar-refractivity contribution < 1.29 is 0 Å². The molecule has 3 aromatic rings. The van der Waals surface area contributed by atoms with Gasteiger partial charge >= 0.3 is 0 Å². The number of aromatic nitrogens is 3. The number of benzene rings is 1. The van der Waals surface area contributed by atoms with Gasteiger partial charge in [0.2, 0.25) is 0 Å².